The van der Waals surface area contributed by atoms with E-state index in [1.54, 1.807) is 0 Å². The van der Waals surface area contributed by atoms with E-state index in [0.29, 0.717) is 12.1 Å². The number of hydrogen-bond donors (Lipinski definition) is 1. The van der Waals surface area contributed by atoms with Gasteiger partial charge in [-0.1, -0.05) is 6.92 Å². The van der Waals surface area contributed by atoms with Gasteiger partial charge in [-0.15, -0.1) is 0 Å². The Balaban J connectivity index is 2.58. The van der Waals surface area contributed by atoms with Crippen molar-refractivity contribution in [3.8, 4) is 0 Å². The second kappa shape index (κ2) is 8.08. The molecule has 0 spiro atoms. The summed E-state index contributed by atoms with van der Waals surface area (Å²) in [5, 5.41) is 2.55. The van der Waals surface area contributed by atoms with E-state index in [-0.39, 0.29) is 18.4 Å². The number of hydrogen-bond acceptors (Lipinski definition) is 3. The fraction of sp³-hybridized carbons (Fsp3) is 0.417. The number of carbonyl (C=O) groups is 1. The van der Waals surface area contributed by atoms with Crippen molar-refractivity contribution in [1.29, 1.82) is 0 Å². The lowest BCUT2D eigenvalue weighted by Crippen LogP contribution is -2.20. The molecule has 1 atom stereocenters. The minimum absolute atomic E-state index is 0.160. The van der Waals surface area contributed by atoms with Crippen LogP contribution in [0.4, 0.5) is 18.9 Å². The number of carbonyl (C=O) groups excluding carboxylic acids is 1. The van der Waals surface area contributed by atoms with Crippen LogP contribution in [-0.4, -0.2) is 12.0 Å². The van der Waals surface area contributed by atoms with Crippen molar-refractivity contribution in [3.05, 3.63) is 29.8 Å². The number of anilines is 1. The average Bonchev–Trinajstić information content (AvgIpc) is 2.37. The molecule has 0 radical (unpaired) electrons. The highest BCUT2D eigenvalue weighted by molar-refractivity contribution is 14.2. The minimum Gasteiger partial charge on any atom is -0.326 e. The van der Waals surface area contributed by atoms with Crippen LogP contribution in [0, 0.1) is 0 Å². The van der Waals surface area contributed by atoms with Crippen LogP contribution in [0.25, 0.3) is 0 Å². The predicted octanol–water partition coefficient (Wildman–Crippen LogP) is 4.83. The van der Waals surface area contributed by atoms with E-state index in [2.05, 4.69) is 5.32 Å². The zero-order valence-corrected chi connectivity index (χ0v) is 13.5. The highest BCUT2D eigenvalue weighted by atomic mass is 127. The molecule has 112 valence electrons. The van der Waals surface area contributed by atoms with Crippen molar-refractivity contribution in [1.82, 2.24) is 0 Å². The van der Waals surface area contributed by atoms with Crippen molar-refractivity contribution in [2.75, 3.05) is 5.32 Å². The predicted molar refractivity (Wildman–Crippen MR) is 81.5 cm³/mol. The van der Waals surface area contributed by atoms with E-state index in [1.165, 1.54) is 12.1 Å². The smallest absolute Gasteiger partial charge is 0.326 e. The van der Waals surface area contributed by atoms with E-state index in [1.807, 2.05) is 28.1 Å². The lowest BCUT2D eigenvalue weighted by atomic mass is 10.1. The molecule has 0 aliphatic rings. The van der Waals surface area contributed by atoms with Crippen LogP contribution >= 0.6 is 30.4 Å². The summed E-state index contributed by atoms with van der Waals surface area (Å²) in [5.41, 5.74) is -0.411. The highest BCUT2D eigenvalue weighted by Crippen LogP contribution is 2.29. The molecule has 0 aromatic heterocycles. The van der Waals surface area contributed by atoms with Crippen LogP contribution in [0.3, 0.4) is 0 Å². The van der Waals surface area contributed by atoms with Gasteiger partial charge in [0.2, 0.25) is 5.91 Å². The average molecular weight is 419 g/mol. The first-order chi connectivity index (χ1) is 9.36. The van der Waals surface area contributed by atoms with Crippen LogP contribution in [0.2, 0.25) is 0 Å². The Hall–Kier alpha value is -0.480. The molecule has 8 heteroatoms. The van der Waals surface area contributed by atoms with Gasteiger partial charge in [-0.25, -0.2) is 0 Å². The molecule has 0 saturated heterocycles. The number of halogens is 4. The molecule has 0 heterocycles. The Morgan fingerprint density at radius 2 is 2.00 bits per heavy atom. The van der Waals surface area contributed by atoms with Gasteiger partial charge in [0.1, 0.15) is 0 Å². The van der Waals surface area contributed by atoms with Crippen LogP contribution in [-0.2, 0) is 15.2 Å². The van der Waals surface area contributed by atoms with E-state index in [0.717, 1.165) is 21.3 Å². The van der Waals surface area contributed by atoms with Gasteiger partial charge in [-0.05, 0) is 30.7 Å². The van der Waals surface area contributed by atoms with Gasteiger partial charge < -0.3 is 9.50 Å². The molecule has 1 amide bonds. The molecule has 1 aromatic carbocycles. The zero-order chi connectivity index (χ0) is 15.2. The summed E-state index contributed by atoms with van der Waals surface area (Å²) in [7, 11) is 1.15. The van der Waals surface area contributed by atoms with Crippen LogP contribution in [0.5, 0.6) is 0 Å². The second-order valence-electron chi connectivity index (χ2n) is 4.02. The third kappa shape index (κ3) is 5.88. The third-order valence-corrected chi connectivity index (χ3v) is 3.50. The molecule has 0 fully saturated rings. The Morgan fingerprint density at radius 3 is 2.45 bits per heavy atom. The van der Waals surface area contributed by atoms with Crippen molar-refractivity contribution in [2.45, 2.75) is 32.0 Å². The van der Waals surface area contributed by atoms with E-state index >= 15 is 0 Å². The minimum atomic E-state index is -4.37. The van der Waals surface area contributed by atoms with Crippen LogP contribution < -0.4 is 5.32 Å². The summed E-state index contributed by atoms with van der Waals surface area (Å²) in [6.45, 7) is 1.89. The van der Waals surface area contributed by atoms with E-state index in [4.69, 9.17) is 4.18 Å². The topological polar surface area (TPSA) is 38.3 Å². The Morgan fingerprint density at radius 1 is 1.40 bits per heavy atom. The number of amides is 1. The van der Waals surface area contributed by atoms with Gasteiger partial charge in [0.05, 0.1) is 27.3 Å². The Kier molecular flexibility index (Phi) is 7.10. The molecular formula is C12H13F3INO2S. The van der Waals surface area contributed by atoms with Crippen molar-refractivity contribution < 1.29 is 22.1 Å². The Bertz CT molecular complexity index is 439. The molecule has 1 N–H and O–H groups in total. The molecule has 1 rings (SSSR count). The van der Waals surface area contributed by atoms with E-state index in [9.17, 15) is 18.0 Å². The summed E-state index contributed by atoms with van der Waals surface area (Å²) in [6, 6.07) is 4.33. The monoisotopic (exact) mass is 419 g/mol. The number of rotatable bonds is 6. The first-order valence-electron chi connectivity index (χ1n) is 5.78. The maximum absolute atomic E-state index is 12.4. The fourth-order valence-electron chi connectivity index (χ4n) is 1.46. The molecule has 0 aliphatic heterocycles. The summed E-state index contributed by atoms with van der Waals surface area (Å²) in [4.78, 5) is 11.7. The fourth-order valence-corrected chi connectivity index (χ4v) is 2.65. The van der Waals surface area contributed by atoms with Gasteiger partial charge in [0.25, 0.3) is 0 Å². The summed E-state index contributed by atoms with van der Waals surface area (Å²) in [6.07, 6.45) is -3.75. The summed E-state index contributed by atoms with van der Waals surface area (Å²) in [5.74, 6) is -0.290. The van der Waals surface area contributed by atoms with Crippen molar-refractivity contribution in [3.63, 3.8) is 0 Å². The molecule has 20 heavy (non-hydrogen) atoms. The lowest BCUT2D eigenvalue weighted by Gasteiger charge is -2.13. The summed E-state index contributed by atoms with van der Waals surface area (Å²) >= 11 is 1.96. The van der Waals surface area contributed by atoms with Crippen molar-refractivity contribution >= 4 is 42.0 Å². The van der Waals surface area contributed by atoms with E-state index < -0.39 is 11.7 Å². The number of alkyl halides is 3. The lowest BCUT2D eigenvalue weighted by molar-refractivity contribution is -0.137. The largest absolute Gasteiger partial charge is 0.416 e. The molecule has 3 nitrogen and oxygen atoms in total. The summed E-state index contributed by atoms with van der Waals surface area (Å²) < 4.78 is 42.4. The quantitative estimate of drug-likeness (QED) is 0.531. The Labute approximate surface area is 131 Å². The van der Waals surface area contributed by atoms with Crippen molar-refractivity contribution in [2.24, 2.45) is 0 Å². The zero-order valence-electron chi connectivity index (χ0n) is 10.5. The standard InChI is InChI=1S/C12H13F3INO2S/c1-2-10(19-20-16)7-11(18)17-9-5-3-8(4-6-9)12(13,14)15/h3-6,10H,2,7H2,1H3,(H,17,18)/t10-/m0/s1. The van der Waals surface area contributed by atoms with Gasteiger partial charge in [0.15, 0.2) is 0 Å². The third-order valence-electron chi connectivity index (χ3n) is 2.54. The molecule has 0 saturated carbocycles. The van der Waals surface area contributed by atoms with Crippen LogP contribution in [0.1, 0.15) is 25.3 Å². The number of nitrogens with one attached hydrogen (secondary N) is 1. The first kappa shape index (κ1) is 17.6. The van der Waals surface area contributed by atoms with Gasteiger partial charge in [0, 0.05) is 26.9 Å². The molecule has 0 unspecified atom stereocenters. The molecule has 1 aromatic rings. The van der Waals surface area contributed by atoms with Gasteiger partial charge in [-0.2, -0.15) is 13.2 Å². The molecule has 0 bridgehead atoms. The maximum Gasteiger partial charge on any atom is 0.416 e. The molecular weight excluding hydrogens is 406 g/mol. The van der Waals surface area contributed by atoms with Gasteiger partial charge >= 0.3 is 6.18 Å². The number of benzene rings is 1. The maximum atomic E-state index is 12.4. The first-order valence-corrected chi connectivity index (χ1v) is 9.06. The SMILES string of the molecule is CC[C@@H](CC(=O)Nc1ccc(C(F)(F)F)cc1)OSI. The van der Waals surface area contributed by atoms with Crippen LogP contribution in [0.15, 0.2) is 24.3 Å². The highest BCUT2D eigenvalue weighted by Gasteiger charge is 2.30. The van der Waals surface area contributed by atoms with Gasteiger partial charge in [-0.3, -0.25) is 4.79 Å². The normalized spacial score (nSPS) is 13.1. The second-order valence-corrected chi connectivity index (χ2v) is 5.41. The molecule has 0 aliphatic carbocycles.